The van der Waals surface area contributed by atoms with Crippen molar-refractivity contribution in [3.8, 4) is 5.75 Å². The molecule has 0 aromatic heterocycles. The monoisotopic (exact) mass is 351 g/mol. The number of ether oxygens (including phenoxy) is 1. The summed E-state index contributed by atoms with van der Waals surface area (Å²) in [5.74, 6) is 0.908. The summed E-state index contributed by atoms with van der Waals surface area (Å²) in [7, 11) is 0. The van der Waals surface area contributed by atoms with Gasteiger partial charge in [-0.05, 0) is 36.2 Å². The number of para-hydroxylation sites is 1. The molecule has 128 valence electrons. The van der Waals surface area contributed by atoms with E-state index in [-0.39, 0.29) is 6.04 Å². The summed E-state index contributed by atoms with van der Waals surface area (Å²) in [6, 6.07) is 26.6. The van der Waals surface area contributed by atoms with Crippen molar-refractivity contribution in [3.63, 3.8) is 0 Å². The molecule has 25 heavy (non-hydrogen) atoms. The van der Waals surface area contributed by atoms with Crippen LogP contribution in [0.5, 0.6) is 5.75 Å². The van der Waals surface area contributed by atoms with Crippen molar-refractivity contribution in [2.45, 2.75) is 26.1 Å². The highest BCUT2D eigenvalue weighted by atomic mass is 35.5. The van der Waals surface area contributed by atoms with Gasteiger partial charge in [0.05, 0.1) is 0 Å². The molecule has 0 spiro atoms. The van der Waals surface area contributed by atoms with Gasteiger partial charge in [0.2, 0.25) is 0 Å². The van der Waals surface area contributed by atoms with Crippen LogP contribution in [0.2, 0.25) is 5.02 Å². The molecule has 2 nitrogen and oxygen atoms in total. The maximum atomic E-state index is 6.02. The fraction of sp³-hybridized carbons (Fsp3) is 0.182. The highest BCUT2D eigenvalue weighted by Gasteiger charge is 2.07. The maximum absolute atomic E-state index is 6.02. The molecular formula is C22H22ClNO. The van der Waals surface area contributed by atoms with Crippen LogP contribution in [0, 0.1) is 0 Å². The minimum atomic E-state index is 0.283. The SMILES string of the molecule is C[C@@H](NCc1ccccc1OCc1ccc(Cl)cc1)c1ccccc1. The lowest BCUT2D eigenvalue weighted by molar-refractivity contribution is 0.301. The molecule has 0 fully saturated rings. The molecule has 3 aromatic rings. The van der Waals surface area contributed by atoms with E-state index in [4.69, 9.17) is 16.3 Å². The zero-order chi connectivity index (χ0) is 17.5. The highest BCUT2D eigenvalue weighted by Crippen LogP contribution is 2.21. The zero-order valence-electron chi connectivity index (χ0n) is 14.3. The number of hydrogen-bond acceptors (Lipinski definition) is 2. The Morgan fingerprint density at radius 3 is 2.32 bits per heavy atom. The third kappa shape index (κ3) is 5.09. The predicted molar refractivity (Wildman–Crippen MR) is 104 cm³/mol. The molecule has 0 amide bonds. The predicted octanol–water partition coefficient (Wildman–Crippen LogP) is 5.77. The van der Waals surface area contributed by atoms with Gasteiger partial charge in [0.25, 0.3) is 0 Å². The molecule has 0 aliphatic rings. The molecule has 0 saturated carbocycles. The van der Waals surface area contributed by atoms with Crippen LogP contribution in [-0.2, 0) is 13.2 Å². The Morgan fingerprint density at radius 2 is 1.56 bits per heavy atom. The van der Waals surface area contributed by atoms with E-state index in [0.29, 0.717) is 6.61 Å². The molecule has 0 aliphatic carbocycles. The second-order valence-electron chi connectivity index (χ2n) is 6.04. The van der Waals surface area contributed by atoms with E-state index in [2.05, 4.69) is 42.6 Å². The first-order valence-electron chi connectivity index (χ1n) is 8.46. The van der Waals surface area contributed by atoms with E-state index in [1.165, 1.54) is 5.56 Å². The number of halogens is 1. The van der Waals surface area contributed by atoms with Gasteiger partial charge in [0, 0.05) is 23.2 Å². The fourth-order valence-corrected chi connectivity index (χ4v) is 2.78. The Hall–Kier alpha value is -2.29. The van der Waals surface area contributed by atoms with E-state index < -0.39 is 0 Å². The standard InChI is InChI=1S/C22H22ClNO/c1-17(19-7-3-2-4-8-19)24-15-20-9-5-6-10-22(20)25-16-18-11-13-21(23)14-12-18/h2-14,17,24H,15-16H2,1H3/t17-/m1/s1. The molecule has 0 heterocycles. The first-order valence-corrected chi connectivity index (χ1v) is 8.83. The second kappa shape index (κ2) is 8.70. The summed E-state index contributed by atoms with van der Waals surface area (Å²) in [6.07, 6.45) is 0. The van der Waals surface area contributed by atoms with Crippen LogP contribution in [0.1, 0.15) is 29.7 Å². The molecule has 1 N–H and O–H groups in total. The quantitative estimate of drug-likeness (QED) is 0.583. The molecule has 3 rings (SSSR count). The van der Waals surface area contributed by atoms with Gasteiger partial charge in [0.15, 0.2) is 0 Å². The highest BCUT2D eigenvalue weighted by molar-refractivity contribution is 6.30. The van der Waals surface area contributed by atoms with Crippen LogP contribution in [0.4, 0.5) is 0 Å². The molecule has 0 aliphatic heterocycles. The van der Waals surface area contributed by atoms with Gasteiger partial charge in [0.1, 0.15) is 12.4 Å². The van der Waals surface area contributed by atoms with E-state index in [1.54, 1.807) is 0 Å². The van der Waals surface area contributed by atoms with Gasteiger partial charge >= 0.3 is 0 Å². The number of rotatable bonds is 7. The Balaban J connectivity index is 1.61. The smallest absolute Gasteiger partial charge is 0.124 e. The summed E-state index contributed by atoms with van der Waals surface area (Å²) in [5, 5.41) is 4.30. The molecule has 0 bridgehead atoms. The topological polar surface area (TPSA) is 21.3 Å². The molecule has 0 unspecified atom stereocenters. The summed E-state index contributed by atoms with van der Waals surface area (Å²) >= 11 is 5.93. The van der Waals surface area contributed by atoms with Gasteiger partial charge in [-0.1, -0.05) is 72.3 Å². The molecule has 1 atom stereocenters. The van der Waals surface area contributed by atoms with Crippen LogP contribution in [0.15, 0.2) is 78.9 Å². The maximum Gasteiger partial charge on any atom is 0.124 e. The first kappa shape index (κ1) is 17.5. The summed E-state index contributed by atoms with van der Waals surface area (Å²) in [5.41, 5.74) is 3.53. The van der Waals surface area contributed by atoms with Crippen molar-refractivity contribution in [1.82, 2.24) is 5.32 Å². The van der Waals surface area contributed by atoms with Crippen molar-refractivity contribution >= 4 is 11.6 Å². The lowest BCUT2D eigenvalue weighted by Gasteiger charge is -2.16. The van der Waals surface area contributed by atoms with Gasteiger partial charge in [-0.2, -0.15) is 0 Å². The third-order valence-corrected chi connectivity index (χ3v) is 4.43. The van der Waals surface area contributed by atoms with E-state index in [1.807, 2.05) is 48.5 Å². The van der Waals surface area contributed by atoms with Crippen LogP contribution in [-0.4, -0.2) is 0 Å². The Morgan fingerprint density at radius 1 is 0.880 bits per heavy atom. The summed E-state index contributed by atoms with van der Waals surface area (Å²) < 4.78 is 6.02. The molecule has 0 saturated heterocycles. The minimum absolute atomic E-state index is 0.283. The number of hydrogen-bond donors (Lipinski definition) is 1. The average Bonchev–Trinajstić information content (AvgIpc) is 2.67. The van der Waals surface area contributed by atoms with Crippen molar-refractivity contribution in [2.24, 2.45) is 0 Å². The van der Waals surface area contributed by atoms with E-state index in [9.17, 15) is 0 Å². The van der Waals surface area contributed by atoms with Gasteiger partial charge in [-0.3, -0.25) is 0 Å². The molecular weight excluding hydrogens is 330 g/mol. The van der Waals surface area contributed by atoms with E-state index in [0.717, 1.165) is 28.4 Å². The lowest BCUT2D eigenvalue weighted by atomic mass is 10.1. The number of benzene rings is 3. The third-order valence-electron chi connectivity index (χ3n) is 4.18. The average molecular weight is 352 g/mol. The Bertz CT molecular complexity index is 787. The summed E-state index contributed by atoms with van der Waals surface area (Å²) in [6.45, 7) is 3.46. The van der Waals surface area contributed by atoms with Gasteiger partial charge in [-0.25, -0.2) is 0 Å². The van der Waals surface area contributed by atoms with Crippen LogP contribution >= 0.6 is 11.6 Å². The van der Waals surface area contributed by atoms with Crippen molar-refractivity contribution in [3.05, 3.63) is 101 Å². The minimum Gasteiger partial charge on any atom is -0.489 e. The van der Waals surface area contributed by atoms with Crippen LogP contribution in [0.3, 0.4) is 0 Å². The second-order valence-corrected chi connectivity index (χ2v) is 6.47. The zero-order valence-corrected chi connectivity index (χ0v) is 15.0. The largest absolute Gasteiger partial charge is 0.489 e. The van der Waals surface area contributed by atoms with Crippen LogP contribution < -0.4 is 10.1 Å². The molecule has 0 radical (unpaired) electrons. The van der Waals surface area contributed by atoms with Crippen molar-refractivity contribution in [2.75, 3.05) is 0 Å². The van der Waals surface area contributed by atoms with Gasteiger partial charge < -0.3 is 10.1 Å². The van der Waals surface area contributed by atoms with E-state index >= 15 is 0 Å². The fourth-order valence-electron chi connectivity index (χ4n) is 2.66. The Labute approximate surface area is 154 Å². The first-order chi connectivity index (χ1) is 12.2. The normalized spacial score (nSPS) is 11.9. The molecule has 3 heteroatoms. The number of nitrogens with one attached hydrogen (secondary N) is 1. The lowest BCUT2D eigenvalue weighted by Crippen LogP contribution is -2.18. The summed E-state index contributed by atoms with van der Waals surface area (Å²) in [4.78, 5) is 0. The molecule has 3 aromatic carbocycles. The Kier molecular flexibility index (Phi) is 6.10. The van der Waals surface area contributed by atoms with Crippen LogP contribution in [0.25, 0.3) is 0 Å². The van der Waals surface area contributed by atoms with Gasteiger partial charge in [-0.15, -0.1) is 0 Å². The van der Waals surface area contributed by atoms with Crippen molar-refractivity contribution in [1.29, 1.82) is 0 Å². The van der Waals surface area contributed by atoms with Crippen molar-refractivity contribution < 1.29 is 4.74 Å².